The highest BCUT2D eigenvalue weighted by Crippen LogP contribution is 2.29. The van der Waals surface area contributed by atoms with Gasteiger partial charge < -0.3 is 5.32 Å². The molecule has 9 heteroatoms. The van der Waals surface area contributed by atoms with Crippen molar-refractivity contribution in [2.24, 2.45) is 0 Å². The number of nitrogens with zero attached hydrogens (tertiary/aromatic N) is 2. The Morgan fingerprint density at radius 3 is 2.26 bits per heavy atom. The second-order valence-electron chi connectivity index (χ2n) is 5.22. The SMILES string of the molecule is CCS(=O)(=O)N1CCN(CC(=O)Nc2c(Cl)cccc2Cl)CC1. The van der Waals surface area contributed by atoms with Crippen molar-refractivity contribution < 1.29 is 13.2 Å². The van der Waals surface area contributed by atoms with Crippen molar-refractivity contribution in [3.05, 3.63) is 28.2 Å². The van der Waals surface area contributed by atoms with E-state index in [1.165, 1.54) is 4.31 Å². The van der Waals surface area contributed by atoms with Gasteiger partial charge in [-0.15, -0.1) is 0 Å². The lowest BCUT2D eigenvalue weighted by Gasteiger charge is -2.33. The zero-order valence-corrected chi connectivity index (χ0v) is 15.1. The maximum Gasteiger partial charge on any atom is 0.238 e. The summed E-state index contributed by atoms with van der Waals surface area (Å²) in [4.78, 5) is 14.0. The smallest absolute Gasteiger partial charge is 0.238 e. The average molecular weight is 380 g/mol. The lowest BCUT2D eigenvalue weighted by Crippen LogP contribution is -2.50. The topological polar surface area (TPSA) is 69.7 Å². The Morgan fingerprint density at radius 2 is 1.74 bits per heavy atom. The van der Waals surface area contributed by atoms with E-state index in [4.69, 9.17) is 23.2 Å². The van der Waals surface area contributed by atoms with Crippen molar-refractivity contribution >= 4 is 44.8 Å². The number of benzene rings is 1. The summed E-state index contributed by atoms with van der Waals surface area (Å²) in [5, 5.41) is 3.46. The number of piperazine rings is 1. The van der Waals surface area contributed by atoms with E-state index in [1.807, 2.05) is 4.90 Å². The number of hydrogen-bond donors (Lipinski definition) is 1. The van der Waals surface area contributed by atoms with Crippen LogP contribution in [0.1, 0.15) is 6.92 Å². The molecule has 1 aliphatic rings. The first-order valence-corrected chi connectivity index (χ1v) is 9.64. The fraction of sp³-hybridized carbons (Fsp3) is 0.500. The number of rotatable bonds is 5. The van der Waals surface area contributed by atoms with Gasteiger partial charge in [0.25, 0.3) is 0 Å². The molecule has 0 unspecified atom stereocenters. The van der Waals surface area contributed by atoms with Gasteiger partial charge in [-0.1, -0.05) is 29.3 Å². The molecule has 1 fully saturated rings. The molecule has 0 aromatic heterocycles. The van der Waals surface area contributed by atoms with Crippen LogP contribution in [0.4, 0.5) is 5.69 Å². The first-order chi connectivity index (χ1) is 10.8. The number of para-hydroxylation sites is 1. The molecule has 1 amide bonds. The average Bonchev–Trinajstić information content (AvgIpc) is 2.51. The van der Waals surface area contributed by atoms with E-state index >= 15 is 0 Å². The van der Waals surface area contributed by atoms with Crippen LogP contribution < -0.4 is 5.32 Å². The molecule has 0 radical (unpaired) electrons. The Kier molecular flexibility index (Phi) is 6.27. The highest BCUT2D eigenvalue weighted by molar-refractivity contribution is 7.89. The van der Waals surface area contributed by atoms with Crippen LogP contribution in [0, 0.1) is 0 Å². The minimum Gasteiger partial charge on any atom is -0.322 e. The molecule has 6 nitrogen and oxygen atoms in total. The van der Waals surface area contributed by atoms with Gasteiger partial charge >= 0.3 is 0 Å². The molecule has 23 heavy (non-hydrogen) atoms. The molecular formula is C14H19Cl2N3O3S. The van der Waals surface area contributed by atoms with Crippen molar-refractivity contribution in [1.29, 1.82) is 0 Å². The van der Waals surface area contributed by atoms with E-state index in [9.17, 15) is 13.2 Å². The first kappa shape index (κ1) is 18.5. The van der Waals surface area contributed by atoms with Gasteiger partial charge in [0.1, 0.15) is 0 Å². The number of anilines is 1. The second kappa shape index (κ2) is 7.81. The molecule has 0 atom stereocenters. The summed E-state index contributed by atoms with van der Waals surface area (Å²) in [6.45, 7) is 3.63. The number of carbonyl (C=O) groups excluding carboxylic acids is 1. The van der Waals surface area contributed by atoms with Crippen LogP contribution in [0.15, 0.2) is 18.2 Å². The van der Waals surface area contributed by atoms with Crippen LogP contribution in [-0.2, 0) is 14.8 Å². The molecule has 1 aliphatic heterocycles. The lowest BCUT2D eigenvalue weighted by atomic mass is 10.3. The zero-order valence-electron chi connectivity index (χ0n) is 12.8. The molecule has 0 aliphatic carbocycles. The summed E-state index contributed by atoms with van der Waals surface area (Å²) in [6.07, 6.45) is 0. The maximum atomic E-state index is 12.1. The summed E-state index contributed by atoms with van der Waals surface area (Å²) in [7, 11) is -3.16. The molecule has 1 N–H and O–H groups in total. The summed E-state index contributed by atoms with van der Waals surface area (Å²) in [5.41, 5.74) is 0.396. The van der Waals surface area contributed by atoms with Crippen LogP contribution in [0.2, 0.25) is 10.0 Å². The quantitative estimate of drug-likeness (QED) is 0.847. The maximum absolute atomic E-state index is 12.1. The molecular weight excluding hydrogens is 361 g/mol. The third-order valence-corrected chi connectivity index (χ3v) is 6.20. The molecule has 1 aromatic rings. The number of nitrogens with one attached hydrogen (secondary N) is 1. The Labute approximate surface area is 146 Å². The van der Waals surface area contributed by atoms with Gasteiger partial charge in [-0.25, -0.2) is 8.42 Å². The Morgan fingerprint density at radius 1 is 1.17 bits per heavy atom. The van der Waals surface area contributed by atoms with Gasteiger partial charge in [0.05, 0.1) is 28.0 Å². The van der Waals surface area contributed by atoms with Crippen LogP contribution in [-0.4, -0.2) is 62.0 Å². The van der Waals surface area contributed by atoms with Crippen LogP contribution in [0.5, 0.6) is 0 Å². The minimum absolute atomic E-state index is 0.0957. The standard InChI is InChI=1S/C14H19Cl2N3O3S/c1-2-23(21,22)19-8-6-18(7-9-19)10-13(20)17-14-11(15)4-3-5-12(14)16/h3-5H,2,6-10H2,1H3,(H,17,20). The van der Waals surface area contributed by atoms with Crippen molar-refractivity contribution in [3.63, 3.8) is 0 Å². The van der Waals surface area contributed by atoms with Gasteiger partial charge in [0, 0.05) is 26.2 Å². The van der Waals surface area contributed by atoms with Crippen molar-refractivity contribution in [2.75, 3.05) is 43.8 Å². The van der Waals surface area contributed by atoms with E-state index in [1.54, 1.807) is 25.1 Å². The van der Waals surface area contributed by atoms with Crippen LogP contribution >= 0.6 is 23.2 Å². The largest absolute Gasteiger partial charge is 0.322 e. The highest BCUT2D eigenvalue weighted by atomic mass is 35.5. The Balaban J connectivity index is 1.88. The molecule has 1 aromatic carbocycles. The highest BCUT2D eigenvalue weighted by Gasteiger charge is 2.26. The van der Waals surface area contributed by atoms with Crippen LogP contribution in [0.3, 0.4) is 0 Å². The predicted molar refractivity (Wildman–Crippen MR) is 92.6 cm³/mol. The summed E-state index contributed by atoms with van der Waals surface area (Å²) < 4.78 is 25.1. The fourth-order valence-corrected chi connectivity index (χ4v) is 3.92. The predicted octanol–water partition coefficient (Wildman–Crippen LogP) is 1.90. The summed E-state index contributed by atoms with van der Waals surface area (Å²) in [5.74, 6) is -0.134. The molecule has 0 bridgehead atoms. The van der Waals surface area contributed by atoms with Gasteiger partial charge in [0.15, 0.2) is 0 Å². The number of sulfonamides is 1. The van der Waals surface area contributed by atoms with Gasteiger partial charge in [-0.05, 0) is 19.1 Å². The number of amides is 1. The van der Waals surface area contributed by atoms with E-state index in [-0.39, 0.29) is 18.2 Å². The molecule has 2 rings (SSSR count). The fourth-order valence-electron chi connectivity index (χ4n) is 2.35. The summed E-state index contributed by atoms with van der Waals surface area (Å²) >= 11 is 12.0. The third kappa shape index (κ3) is 4.81. The Hall–Kier alpha value is -0.860. The van der Waals surface area contributed by atoms with Gasteiger partial charge in [0.2, 0.25) is 15.9 Å². The zero-order chi connectivity index (χ0) is 17.0. The monoisotopic (exact) mass is 379 g/mol. The number of carbonyl (C=O) groups is 1. The first-order valence-electron chi connectivity index (χ1n) is 7.27. The molecule has 0 spiro atoms. The molecule has 1 saturated heterocycles. The third-order valence-electron chi connectivity index (χ3n) is 3.68. The van der Waals surface area contributed by atoms with E-state index < -0.39 is 10.0 Å². The molecule has 128 valence electrons. The van der Waals surface area contributed by atoms with Gasteiger partial charge in [-0.3, -0.25) is 9.69 Å². The molecule has 1 heterocycles. The van der Waals surface area contributed by atoms with E-state index in [2.05, 4.69) is 5.32 Å². The summed E-state index contributed by atoms with van der Waals surface area (Å²) in [6, 6.07) is 5.00. The number of hydrogen-bond acceptors (Lipinski definition) is 4. The van der Waals surface area contributed by atoms with E-state index in [0.717, 1.165) is 0 Å². The molecule has 0 saturated carbocycles. The lowest BCUT2D eigenvalue weighted by molar-refractivity contribution is -0.117. The van der Waals surface area contributed by atoms with Crippen LogP contribution in [0.25, 0.3) is 0 Å². The van der Waals surface area contributed by atoms with Crippen molar-refractivity contribution in [2.45, 2.75) is 6.92 Å². The van der Waals surface area contributed by atoms with Crippen molar-refractivity contribution in [3.8, 4) is 0 Å². The van der Waals surface area contributed by atoms with Crippen molar-refractivity contribution in [1.82, 2.24) is 9.21 Å². The Bertz CT molecular complexity index is 654. The number of halogens is 2. The minimum atomic E-state index is -3.16. The van der Waals surface area contributed by atoms with Gasteiger partial charge in [-0.2, -0.15) is 4.31 Å². The second-order valence-corrected chi connectivity index (χ2v) is 8.29. The normalized spacial score (nSPS) is 17.2. The van der Waals surface area contributed by atoms with E-state index in [0.29, 0.717) is 41.9 Å².